The minimum atomic E-state index is 0.300. The van der Waals surface area contributed by atoms with Gasteiger partial charge in [-0.1, -0.05) is 37.0 Å². The fourth-order valence-electron chi connectivity index (χ4n) is 2.89. The summed E-state index contributed by atoms with van der Waals surface area (Å²) in [6, 6.07) is 14.6. The minimum absolute atomic E-state index is 0.300. The summed E-state index contributed by atoms with van der Waals surface area (Å²) in [4.78, 5) is 4.40. The number of nitrogens with one attached hydrogen (secondary N) is 2. The Labute approximate surface area is 191 Å². The Morgan fingerprint density at radius 2 is 1.81 bits per heavy atom. The number of aromatic nitrogens is 3. The molecule has 0 aliphatic rings. The van der Waals surface area contributed by atoms with Crippen LogP contribution < -0.4 is 14.8 Å². The van der Waals surface area contributed by atoms with Crippen molar-refractivity contribution in [1.82, 2.24) is 15.2 Å². The lowest BCUT2D eigenvalue weighted by molar-refractivity contribution is 0.301. The topological polar surface area (TPSA) is 72.1 Å². The predicted octanol–water partition coefficient (Wildman–Crippen LogP) is 7.01. The van der Waals surface area contributed by atoms with Gasteiger partial charge in [-0.15, -0.1) is 0 Å². The Bertz CT molecular complexity index is 1160. The molecule has 0 spiro atoms. The van der Waals surface area contributed by atoms with Gasteiger partial charge in [0.05, 0.1) is 10.7 Å². The van der Waals surface area contributed by atoms with E-state index in [1.165, 1.54) is 0 Å². The number of ether oxygens (including phenoxy) is 2. The monoisotopic (exact) mass is 458 g/mol. The van der Waals surface area contributed by atoms with Crippen LogP contribution in [0.2, 0.25) is 10.0 Å². The number of hydrogen-bond donors (Lipinski definition) is 2. The Hall–Kier alpha value is -2.96. The first kappa shape index (κ1) is 22.7. The number of nitrogens with zero attached hydrogens (tertiary/aromatic N) is 2. The molecule has 0 fully saturated rings. The third kappa shape index (κ3) is 5.60. The molecule has 0 unspecified atom stereocenters. The van der Waals surface area contributed by atoms with E-state index in [0.29, 0.717) is 39.5 Å². The van der Waals surface area contributed by atoms with Gasteiger partial charge < -0.3 is 14.8 Å². The highest BCUT2D eigenvalue weighted by molar-refractivity contribution is 6.32. The van der Waals surface area contributed by atoms with Crippen LogP contribution in [-0.2, 0) is 6.61 Å². The van der Waals surface area contributed by atoms with Gasteiger partial charge in [-0.2, -0.15) is 5.10 Å². The fraction of sp³-hybridized carbons (Fsp3) is 0.217. The van der Waals surface area contributed by atoms with Crippen LogP contribution in [0.3, 0.4) is 0 Å². The number of H-pyrrole nitrogens is 1. The van der Waals surface area contributed by atoms with Crippen molar-refractivity contribution >= 4 is 40.1 Å². The lowest BCUT2D eigenvalue weighted by Crippen LogP contribution is -1.97. The average molecular weight is 459 g/mol. The lowest BCUT2D eigenvalue weighted by Gasteiger charge is -2.11. The first-order chi connectivity index (χ1) is 15.0. The standard InChI is InChI=1S/C21H18Cl2N4O2.C2H6/c1-12-7-13(22)9-15(8-12)29-19-10-14(3-5-17(19)23)28-11-18-16-4-6-20(24-2)25-21(16)27-26-18;1-2/h3-10H,11H2,1-2H3,(H2,24,25,26,27);1-2H3. The smallest absolute Gasteiger partial charge is 0.183 e. The molecule has 4 rings (SSSR count). The molecule has 0 atom stereocenters. The molecule has 8 heteroatoms. The molecule has 0 radical (unpaired) electrons. The maximum absolute atomic E-state index is 6.29. The number of anilines is 1. The van der Waals surface area contributed by atoms with Crippen LogP contribution in [0.4, 0.5) is 5.82 Å². The summed E-state index contributed by atoms with van der Waals surface area (Å²) in [6.45, 7) is 6.25. The van der Waals surface area contributed by atoms with E-state index in [1.54, 1.807) is 24.3 Å². The summed E-state index contributed by atoms with van der Waals surface area (Å²) in [6.07, 6.45) is 0. The zero-order chi connectivity index (χ0) is 22.4. The van der Waals surface area contributed by atoms with Crippen LogP contribution in [0.25, 0.3) is 11.0 Å². The van der Waals surface area contributed by atoms with Crippen molar-refractivity contribution < 1.29 is 9.47 Å². The largest absolute Gasteiger partial charge is 0.487 e. The summed E-state index contributed by atoms with van der Waals surface area (Å²) in [5.74, 6) is 2.47. The zero-order valence-corrected chi connectivity index (χ0v) is 19.3. The van der Waals surface area contributed by atoms with E-state index in [0.717, 1.165) is 22.5 Å². The van der Waals surface area contributed by atoms with Crippen molar-refractivity contribution in [2.45, 2.75) is 27.4 Å². The van der Waals surface area contributed by atoms with Crippen molar-refractivity contribution in [3.05, 3.63) is 69.8 Å². The summed E-state index contributed by atoms with van der Waals surface area (Å²) in [5.41, 5.74) is 2.46. The fourth-order valence-corrected chi connectivity index (χ4v) is 3.33. The molecule has 31 heavy (non-hydrogen) atoms. The van der Waals surface area contributed by atoms with E-state index in [2.05, 4.69) is 20.5 Å². The number of pyridine rings is 1. The van der Waals surface area contributed by atoms with E-state index < -0.39 is 0 Å². The summed E-state index contributed by atoms with van der Waals surface area (Å²) in [5, 5.41) is 12.2. The van der Waals surface area contributed by atoms with Crippen LogP contribution in [0.5, 0.6) is 17.2 Å². The van der Waals surface area contributed by atoms with Crippen molar-refractivity contribution in [3.8, 4) is 17.2 Å². The number of rotatable bonds is 6. The lowest BCUT2D eigenvalue weighted by atomic mass is 10.2. The van der Waals surface area contributed by atoms with Gasteiger partial charge in [-0.25, -0.2) is 4.98 Å². The molecule has 0 saturated carbocycles. The molecular weight excluding hydrogens is 435 g/mol. The van der Waals surface area contributed by atoms with E-state index in [4.69, 9.17) is 32.7 Å². The van der Waals surface area contributed by atoms with Crippen molar-refractivity contribution in [3.63, 3.8) is 0 Å². The number of halogens is 2. The second-order valence-electron chi connectivity index (χ2n) is 6.47. The normalized spacial score (nSPS) is 10.4. The number of aryl methyl sites for hydroxylation is 1. The molecule has 0 aliphatic heterocycles. The Morgan fingerprint density at radius 1 is 1.00 bits per heavy atom. The molecule has 0 amide bonds. The molecule has 4 aromatic rings. The average Bonchev–Trinajstić information content (AvgIpc) is 3.17. The van der Waals surface area contributed by atoms with Gasteiger partial charge in [0.2, 0.25) is 0 Å². The van der Waals surface area contributed by atoms with Gasteiger partial charge in [-0.3, -0.25) is 5.10 Å². The van der Waals surface area contributed by atoms with Crippen LogP contribution in [0.1, 0.15) is 25.1 Å². The van der Waals surface area contributed by atoms with Crippen LogP contribution in [0, 0.1) is 6.92 Å². The predicted molar refractivity (Wildman–Crippen MR) is 127 cm³/mol. The highest BCUT2D eigenvalue weighted by atomic mass is 35.5. The third-order valence-corrected chi connectivity index (χ3v) is 4.81. The number of hydrogen-bond acceptors (Lipinski definition) is 5. The second-order valence-corrected chi connectivity index (χ2v) is 7.31. The van der Waals surface area contributed by atoms with Gasteiger partial charge in [0, 0.05) is 23.5 Å². The molecule has 162 valence electrons. The second kappa shape index (κ2) is 10.4. The Kier molecular flexibility index (Phi) is 7.60. The number of fused-ring (bicyclic) bond motifs is 1. The zero-order valence-electron chi connectivity index (χ0n) is 17.8. The van der Waals surface area contributed by atoms with Gasteiger partial charge in [0.25, 0.3) is 0 Å². The van der Waals surface area contributed by atoms with Crippen LogP contribution in [0.15, 0.2) is 48.5 Å². The van der Waals surface area contributed by atoms with Crippen LogP contribution in [-0.4, -0.2) is 22.2 Å². The number of aromatic amines is 1. The van der Waals surface area contributed by atoms with E-state index >= 15 is 0 Å². The summed E-state index contributed by atoms with van der Waals surface area (Å²) >= 11 is 12.4. The summed E-state index contributed by atoms with van der Waals surface area (Å²) < 4.78 is 11.8. The van der Waals surface area contributed by atoms with Crippen molar-refractivity contribution in [1.29, 1.82) is 0 Å². The first-order valence-electron chi connectivity index (χ1n) is 9.91. The van der Waals surface area contributed by atoms with E-state index in [9.17, 15) is 0 Å². The van der Waals surface area contributed by atoms with E-state index in [-0.39, 0.29) is 0 Å². The molecule has 0 aliphatic carbocycles. The van der Waals surface area contributed by atoms with Crippen molar-refractivity contribution in [2.24, 2.45) is 0 Å². The van der Waals surface area contributed by atoms with E-state index in [1.807, 2.05) is 52.1 Å². The molecule has 2 aromatic carbocycles. The Balaban J connectivity index is 0.00000132. The van der Waals surface area contributed by atoms with Gasteiger partial charge >= 0.3 is 0 Å². The molecule has 2 heterocycles. The highest BCUT2D eigenvalue weighted by Gasteiger charge is 2.10. The third-order valence-electron chi connectivity index (χ3n) is 4.28. The molecule has 0 bridgehead atoms. The highest BCUT2D eigenvalue weighted by Crippen LogP contribution is 2.34. The quantitative estimate of drug-likeness (QED) is 0.324. The van der Waals surface area contributed by atoms with Crippen molar-refractivity contribution in [2.75, 3.05) is 12.4 Å². The molecule has 2 N–H and O–H groups in total. The molecular formula is C23H24Cl2N4O2. The molecule has 6 nitrogen and oxygen atoms in total. The SMILES string of the molecule is CC.CNc1ccc2c(COc3ccc(Cl)c(Oc4cc(C)cc(Cl)c4)c3)[nH]nc2n1. The molecule has 2 aromatic heterocycles. The van der Waals surface area contributed by atoms with Gasteiger partial charge in [0.15, 0.2) is 5.65 Å². The summed E-state index contributed by atoms with van der Waals surface area (Å²) in [7, 11) is 1.82. The van der Waals surface area contributed by atoms with Gasteiger partial charge in [-0.05, 0) is 55.0 Å². The van der Waals surface area contributed by atoms with Crippen LogP contribution >= 0.6 is 23.2 Å². The first-order valence-corrected chi connectivity index (χ1v) is 10.7. The maximum atomic E-state index is 6.29. The Morgan fingerprint density at radius 3 is 2.55 bits per heavy atom. The number of benzene rings is 2. The van der Waals surface area contributed by atoms with Gasteiger partial charge in [0.1, 0.15) is 29.7 Å². The maximum Gasteiger partial charge on any atom is 0.183 e. The minimum Gasteiger partial charge on any atom is -0.487 e. The molecule has 0 saturated heterocycles.